The maximum atomic E-state index is 12.7. The molecule has 0 aliphatic carbocycles. The number of aryl methyl sites for hydroxylation is 1. The number of carboxylic acids is 1. The summed E-state index contributed by atoms with van der Waals surface area (Å²) in [5, 5.41) is 14.3. The fourth-order valence-electron chi connectivity index (χ4n) is 2.78. The van der Waals surface area contributed by atoms with Crippen LogP contribution in [0.3, 0.4) is 0 Å². The van der Waals surface area contributed by atoms with Crippen LogP contribution in [0.15, 0.2) is 18.2 Å². The van der Waals surface area contributed by atoms with Crippen molar-refractivity contribution in [1.82, 2.24) is 14.7 Å². The number of carboxylic acid groups (broad SMARTS) is 1. The Kier molecular flexibility index (Phi) is 4.04. The number of aromatic carboxylic acids is 1. The molecule has 0 fully saturated rings. The van der Waals surface area contributed by atoms with Crippen LogP contribution in [-0.2, 0) is 20.0 Å². The smallest absolute Gasteiger partial charge is 0.354 e. The van der Waals surface area contributed by atoms with Gasteiger partial charge in [0.15, 0.2) is 5.69 Å². The third-order valence-corrected chi connectivity index (χ3v) is 4.40. The van der Waals surface area contributed by atoms with E-state index in [4.69, 9.17) is 23.2 Å². The first-order chi connectivity index (χ1) is 10.9. The van der Waals surface area contributed by atoms with E-state index in [1.54, 1.807) is 24.1 Å². The van der Waals surface area contributed by atoms with Crippen LogP contribution in [0.5, 0.6) is 0 Å². The van der Waals surface area contributed by atoms with Crippen LogP contribution < -0.4 is 0 Å². The molecule has 1 aliphatic rings. The van der Waals surface area contributed by atoms with Crippen molar-refractivity contribution in [3.8, 4) is 0 Å². The normalized spacial score (nSPS) is 13.8. The zero-order valence-corrected chi connectivity index (χ0v) is 13.7. The van der Waals surface area contributed by atoms with E-state index in [1.807, 2.05) is 0 Å². The summed E-state index contributed by atoms with van der Waals surface area (Å²) in [4.78, 5) is 25.6. The van der Waals surface area contributed by atoms with Gasteiger partial charge in [-0.25, -0.2) is 4.79 Å². The number of amides is 1. The number of fused-ring (bicyclic) bond motifs is 1. The monoisotopic (exact) mass is 353 g/mol. The van der Waals surface area contributed by atoms with Gasteiger partial charge >= 0.3 is 5.97 Å². The van der Waals surface area contributed by atoms with Crippen LogP contribution >= 0.6 is 23.2 Å². The average Bonchev–Trinajstić information content (AvgIpc) is 2.81. The molecule has 3 rings (SSSR count). The zero-order valence-electron chi connectivity index (χ0n) is 12.2. The van der Waals surface area contributed by atoms with Crippen LogP contribution in [0.1, 0.15) is 32.1 Å². The van der Waals surface area contributed by atoms with Gasteiger partial charge in [0, 0.05) is 30.6 Å². The summed E-state index contributed by atoms with van der Waals surface area (Å²) in [6.07, 6.45) is 0.507. The Balaban J connectivity index is 1.92. The van der Waals surface area contributed by atoms with Gasteiger partial charge in [-0.3, -0.25) is 9.48 Å². The molecule has 1 N–H and O–H groups in total. The van der Waals surface area contributed by atoms with Crippen LogP contribution in [0.25, 0.3) is 0 Å². The van der Waals surface area contributed by atoms with Gasteiger partial charge in [0.2, 0.25) is 0 Å². The van der Waals surface area contributed by atoms with Gasteiger partial charge in [-0.05, 0) is 18.2 Å². The Labute approximate surface area is 142 Å². The molecule has 2 aromatic rings. The van der Waals surface area contributed by atoms with E-state index in [-0.39, 0.29) is 23.2 Å². The Bertz CT molecular complexity index is 817. The Morgan fingerprint density at radius 3 is 2.70 bits per heavy atom. The lowest BCUT2D eigenvalue weighted by Crippen LogP contribution is -2.36. The summed E-state index contributed by atoms with van der Waals surface area (Å²) in [7, 11) is 1.59. The van der Waals surface area contributed by atoms with Crippen LogP contribution in [-0.4, -0.2) is 38.2 Å². The lowest BCUT2D eigenvalue weighted by molar-refractivity contribution is 0.0669. The minimum atomic E-state index is -1.06. The number of carbonyl (C=O) groups excluding carboxylic acids is 1. The van der Waals surface area contributed by atoms with Gasteiger partial charge in [0.1, 0.15) is 0 Å². The highest BCUT2D eigenvalue weighted by atomic mass is 35.5. The highest BCUT2D eigenvalue weighted by Crippen LogP contribution is 2.26. The Morgan fingerprint density at radius 1 is 1.30 bits per heavy atom. The topological polar surface area (TPSA) is 75.4 Å². The molecule has 1 aromatic carbocycles. The second-order valence-electron chi connectivity index (χ2n) is 5.30. The first-order valence-electron chi connectivity index (χ1n) is 6.91. The van der Waals surface area contributed by atoms with E-state index >= 15 is 0 Å². The number of aromatic nitrogens is 2. The minimum absolute atomic E-state index is 0.111. The number of rotatable bonds is 2. The molecule has 6 nitrogen and oxygen atoms in total. The molecule has 0 radical (unpaired) electrons. The molecule has 0 saturated carbocycles. The van der Waals surface area contributed by atoms with Gasteiger partial charge in [-0.15, -0.1) is 0 Å². The molecule has 0 saturated heterocycles. The summed E-state index contributed by atoms with van der Waals surface area (Å²) in [5.74, 6) is -1.31. The maximum absolute atomic E-state index is 12.7. The zero-order chi connectivity index (χ0) is 16.7. The number of halogens is 2. The van der Waals surface area contributed by atoms with Crippen LogP contribution in [0, 0.1) is 0 Å². The predicted octanol–water partition coefficient (Wildman–Crippen LogP) is 2.62. The van der Waals surface area contributed by atoms with Gasteiger partial charge in [0.25, 0.3) is 5.91 Å². The minimum Gasteiger partial charge on any atom is -0.477 e. The van der Waals surface area contributed by atoms with Crippen molar-refractivity contribution in [2.45, 2.75) is 13.0 Å². The van der Waals surface area contributed by atoms with Crippen molar-refractivity contribution in [3.63, 3.8) is 0 Å². The lowest BCUT2D eigenvalue weighted by Gasteiger charge is -2.27. The molecule has 1 amide bonds. The summed E-state index contributed by atoms with van der Waals surface area (Å²) < 4.78 is 1.34. The van der Waals surface area contributed by atoms with Crippen LogP contribution in [0.4, 0.5) is 0 Å². The standard InChI is InChI=1S/C15H13Cl2N3O3/c1-19-13(15(22)23)10-7-20(5-4-12(10)18-19)14(21)9-3-2-8(16)6-11(9)17/h2-3,6H,4-5,7H2,1H3,(H,22,23). The largest absolute Gasteiger partial charge is 0.477 e. The molecule has 0 bridgehead atoms. The Morgan fingerprint density at radius 2 is 2.04 bits per heavy atom. The molecule has 2 heterocycles. The predicted molar refractivity (Wildman–Crippen MR) is 85.1 cm³/mol. The maximum Gasteiger partial charge on any atom is 0.354 e. The fraction of sp³-hybridized carbons (Fsp3) is 0.267. The second kappa shape index (κ2) is 5.86. The van der Waals surface area contributed by atoms with Gasteiger partial charge in [0.05, 0.1) is 22.8 Å². The lowest BCUT2D eigenvalue weighted by atomic mass is 10.0. The van der Waals surface area contributed by atoms with Gasteiger partial charge < -0.3 is 10.0 Å². The third-order valence-electron chi connectivity index (χ3n) is 3.85. The van der Waals surface area contributed by atoms with Gasteiger partial charge in [-0.1, -0.05) is 23.2 Å². The van der Waals surface area contributed by atoms with E-state index in [9.17, 15) is 14.7 Å². The third kappa shape index (κ3) is 2.80. The second-order valence-corrected chi connectivity index (χ2v) is 6.15. The van der Waals surface area contributed by atoms with Gasteiger partial charge in [-0.2, -0.15) is 5.10 Å². The number of benzene rings is 1. The highest BCUT2D eigenvalue weighted by Gasteiger charge is 2.30. The molecule has 1 aromatic heterocycles. The van der Waals surface area contributed by atoms with E-state index in [0.717, 1.165) is 5.69 Å². The fourth-order valence-corrected chi connectivity index (χ4v) is 3.26. The number of nitrogens with zero attached hydrogens (tertiary/aromatic N) is 3. The first kappa shape index (κ1) is 15.8. The van der Waals surface area contributed by atoms with E-state index in [2.05, 4.69) is 5.10 Å². The molecule has 0 atom stereocenters. The molecule has 0 spiro atoms. The molecular formula is C15H13Cl2N3O3. The van der Waals surface area contributed by atoms with Crippen molar-refractivity contribution in [3.05, 3.63) is 50.8 Å². The van der Waals surface area contributed by atoms with Crippen molar-refractivity contribution < 1.29 is 14.7 Å². The molecular weight excluding hydrogens is 341 g/mol. The van der Waals surface area contributed by atoms with Crippen molar-refractivity contribution in [2.24, 2.45) is 7.05 Å². The van der Waals surface area contributed by atoms with Crippen molar-refractivity contribution in [2.75, 3.05) is 6.54 Å². The number of hydrogen-bond donors (Lipinski definition) is 1. The molecule has 0 unspecified atom stereocenters. The van der Waals surface area contributed by atoms with E-state index < -0.39 is 5.97 Å². The number of carbonyl (C=O) groups is 2. The van der Waals surface area contributed by atoms with Crippen molar-refractivity contribution >= 4 is 35.1 Å². The van der Waals surface area contributed by atoms with Crippen molar-refractivity contribution in [1.29, 1.82) is 0 Å². The molecule has 23 heavy (non-hydrogen) atoms. The molecule has 8 heteroatoms. The molecule has 1 aliphatic heterocycles. The summed E-state index contributed by atoms with van der Waals surface area (Å²) in [5.41, 5.74) is 1.75. The van der Waals surface area contributed by atoms with E-state index in [1.165, 1.54) is 10.7 Å². The van der Waals surface area contributed by atoms with E-state index in [0.29, 0.717) is 29.1 Å². The SMILES string of the molecule is Cn1nc2c(c1C(=O)O)CN(C(=O)c1ccc(Cl)cc1Cl)CC2. The highest BCUT2D eigenvalue weighted by molar-refractivity contribution is 6.36. The number of hydrogen-bond acceptors (Lipinski definition) is 3. The van der Waals surface area contributed by atoms with Crippen LogP contribution in [0.2, 0.25) is 10.0 Å². The molecule has 120 valence electrons. The summed E-state index contributed by atoms with van der Waals surface area (Å²) in [6.45, 7) is 0.656. The summed E-state index contributed by atoms with van der Waals surface area (Å²) >= 11 is 11.9. The quantitative estimate of drug-likeness (QED) is 0.900. The average molecular weight is 354 g/mol. The summed E-state index contributed by atoms with van der Waals surface area (Å²) in [6, 6.07) is 4.69. The first-order valence-corrected chi connectivity index (χ1v) is 7.66. The Hall–Kier alpha value is -2.05.